The third-order valence-electron chi connectivity index (χ3n) is 4.89. The van der Waals surface area contributed by atoms with Gasteiger partial charge in [-0.3, -0.25) is 0 Å². The quantitative estimate of drug-likeness (QED) is 0.596. The minimum Gasteiger partial charge on any atom is -0.452 e. The minimum absolute atomic E-state index is 0.295. The zero-order valence-electron chi connectivity index (χ0n) is 16.3. The molecule has 0 N–H and O–H groups in total. The molecule has 2 aliphatic rings. The van der Waals surface area contributed by atoms with Gasteiger partial charge in [0.15, 0.2) is 0 Å². The van der Waals surface area contributed by atoms with Gasteiger partial charge in [-0.25, -0.2) is 9.59 Å². The Balaban J connectivity index is 1.55. The van der Waals surface area contributed by atoms with Crippen molar-refractivity contribution in [2.45, 2.75) is 37.6 Å². The number of hydrogen-bond acceptors (Lipinski definition) is 6. The fourth-order valence-corrected chi connectivity index (χ4v) is 3.41. The molecule has 2 heterocycles. The van der Waals surface area contributed by atoms with E-state index in [2.05, 4.69) is 0 Å². The SMILES string of the molecule is O=C1C=C[C@H]([C@@H](OCc2ccccc2)[C@H](OCc2ccccc2)[C@H]2C=CC(=O)O2)O1. The van der Waals surface area contributed by atoms with Crippen LogP contribution >= 0.6 is 0 Å². The number of ether oxygens (including phenoxy) is 4. The normalized spacial score (nSPS) is 22.0. The number of carbonyl (C=O) groups is 2. The topological polar surface area (TPSA) is 71.1 Å². The number of hydrogen-bond donors (Lipinski definition) is 0. The van der Waals surface area contributed by atoms with Crippen molar-refractivity contribution in [3.63, 3.8) is 0 Å². The molecule has 6 heteroatoms. The molecule has 0 saturated carbocycles. The molecule has 0 aromatic heterocycles. The molecule has 2 aromatic rings. The van der Waals surface area contributed by atoms with Gasteiger partial charge in [0, 0.05) is 12.2 Å². The van der Waals surface area contributed by atoms with Gasteiger partial charge in [0.1, 0.15) is 24.4 Å². The molecule has 4 rings (SSSR count). The lowest BCUT2D eigenvalue weighted by Gasteiger charge is -2.33. The van der Waals surface area contributed by atoms with Gasteiger partial charge < -0.3 is 18.9 Å². The molecule has 0 radical (unpaired) electrons. The fourth-order valence-electron chi connectivity index (χ4n) is 3.41. The summed E-state index contributed by atoms with van der Waals surface area (Å²) < 4.78 is 23.2. The maximum absolute atomic E-state index is 11.7. The van der Waals surface area contributed by atoms with Crippen molar-refractivity contribution in [2.24, 2.45) is 0 Å². The van der Waals surface area contributed by atoms with Gasteiger partial charge in [-0.2, -0.15) is 0 Å². The Bertz CT molecular complexity index is 844. The Morgan fingerprint density at radius 1 is 0.667 bits per heavy atom. The lowest BCUT2D eigenvalue weighted by atomic mass is 10.0. The second-order valence-corrected chi connectivity index (χ2v) is 7.04. The van der Waals surface area contributed by atoms with E-state index >= 15 is 0 Å². The van der Waals surface area contributed by atoms with E-state index < -0.39 is 36.4 Å². The summed E-state index contributed by atoms with van der Waals surface area (Å²) in [5.41, 5.74) is 1.94. The average Bonchev–Trinajstić information content (AvgIpc) is 3.40. The molecule has 154 valence electrons. The highest BCUT2D eigenvalue weighted by Crippen LogP contribution is 2.26. The Labute approximate surface area is 174 Å². The molecule has 4 atom stereocenters. The van der Waals surface area contributed by atoms with Crippen LogP contribution < -0.4 is 0 Å². The number of esters is 2. The Morgan fingerprint density at radius 3 is 1.40 bits per heavy atom. The maximum Gasteiger partial charge on any atom is 0.331 e. The molecule has 30 heavy (non-hydrogen) atoms. The van der Waals surface area contributed by atoms with Crippen molar-refractivity contribution in [1.29, 1.82) is 0 Å². The van der Waals surface area contributed by atoms with Crippen molar-refractivity contribution >= 4 is 11.9 Å². The molecule has 0 fully saturated rings. The van der Waals surface area contributed by atoms with Crippen molar-refractivity contribution in [3.05, 3.63) is 96.1 Å². The zero-order valence-corrected chi connectivity index (χ0v) is 16.3. The first-order chi connectivity index (χ1) is 14.7. The number of cyclic esters (lactones) is 2. The van der Waals surface area contributed by atoms with Crippen LogP contribution in [-0.2, 0) is 41.8 Å². The van der Waals surface area contributed by atoms with E-state index in [0.717, 1.165) is 11.1 Å². The predicted molar refractivity (Wildman–Crippen MR) is 108 cm³/mol. The van der Waals surface area contributed by atoms with Gasteiger partial charge in [0.2, 0.25) is 0 Å². The molecular formula is C24H22O6. The first-order valence-electron chi connectivity index (χ1n) is 9.78. The van der Waals surface area contributed by atoms with E-state index in [9.17, 15) is 9.59 Å². The van der Waals surface area contributed by atoms with Gasteiger partial charge in [0.05, 0.1) is 13.2 Å². The number of benzene rings is 2. The van der Waals surface area contributed by atoms with Crippen molar-refractivity contribution in [1.82, 2.24) is 0 Å². The van der Waals surface area contributed by atoms with Crippen LogP contribution in [0.2, 0.25) is 0 Å². The summed E-state index contributed by atoms with van der Waals surface area (Å²) in [5.74, 6) is -0.872. The van der Waals surface area contributed by atoms with Gasteiger partial charge in [-0.15, -0.1) is 0 Å². The van der Waals surface area contributed by atoms with Crippen LogP contribution in [0.25, 0.3) is 0 Å². The van der Waals surface area contributed by atoms with Crippen LogP contribution in [0.1, 0.15) is 11.1 Å². The van der Waals surface area contributed by atoms with Crippen LogP contribution in [0.5, 0.6) is 0 Å². The highest BCUT2D eigenvalue weighted by molar-refractivity contribution is 5.85. The summed E-state index contributed by atoms with van der Waals surface area (Å²) in [4.78, 5) is 23.4. The first kappa shape index (κ1) is 20.1. The average molecular weight is 406 g/mol. The second kappa shape index (κ2) is 9.52. The van der Waals surface area contributed by atoms with E-state index in [4.69, 9.17) is 18.9 Å². The van der Waals surface area contributed by atoms with Crippen LogP contribution in [0.15, 0.2) is 85.0 Å². The van der Waals surface area contributed by atoms with Crippen LogP contribution in [0.3, 0.4) is 0 Å². The summed E-state index contributed by atoms with van der Waals surface area (Å²) >= 11 is 0. The number of carbonyl (C=O) groups excluding carboxylic acids is 2. The van der Waals surface area contributed by atoms with Gasteiger partial charge in [-0.05, 0) is 23.3 Å². The molecule has 2 aliphatic heterocycles. The van der Waals surface area contributed by atoms with E-state index in [1.165, 1.54) is 12.2 Å². The van der Waals surface area contributed by atoms with Gasteiger partial charge in [-0.1, -0.05) is 60.7 Å². The van der Waals surface area contributed by atoms with Crippen LogP contribution in [-0.4, -0.2) is 36.4 Å². The fraction of sp³-hybridized carbons (Fsp3) is 0.250. The molecular weight excluding hydrogens is 384 g/mol. The summed E-state index contributed by atoms with van der Waals surface area (Å²) in [6.45, 7) is 0.589. The largest absolute Gasteiger partial charge is 0.452 e. The highest BCUT2D eigenvalue weighted by atomic mass is 16.6. The van der Waals surface area contributed by atoms with Gasteiger partial charge >= 0.3 is 11.9 Å². The predicted octanol–water partition coefficient (Wildman–Crippen LogP) is 3.12. The van der Waals surface area contributed by atoms with Crippen LogP contribution in [0, 0.1) is 0 Å². The van der Waals surface area contributed by atoms with Crippen LogP contribution in [0.4, 0.5) is 0 Å². The summed E-state index contributed by atoms with van der Waals surface area (Å²) in [7, 11) is 0. The Hall–Kier alpha value is -3.22. The summed E-state index contributed by atoms with van der Waals surface area (Å²) in [6, 6.07) is 19.3. The molecule has 0 amide bonds. The summed E-state index contributed by atoms with van der Waals surface area (Å²) in [6.07, 6.45) is 3.41. The second-order valence-electron chi connectivity index (χ2n) is 7.04. The van der Waals surface area contributed by atoms with Crippen molar-refractivity contribution in [2.75, 3.05) is 0 Å². The molecule has 0 bridgehead atoms. The zero-order chi connectivity index (χ0) is 20.8. The number of rotatable bonds is 9. The Morgan fingerprint density at radius 2 is 1.07 bits per heavy atom. The monoisotopic (exact) mass is 406 g/mol. The molecule has 0 unspecified atom stereocenters. The first-order valence-corrected chi connectivity index (χ1v) is 9.78. The van der Waals surface area contributed by atoms with E-state index in [1.807, 2.05) is 60.7 Å². The molecule has 0 spiro atoms. The molecule has 6 nitrogen and oxygen atoms in total. The lowest BCUT2D eigenvalue weighted by molar-refractivity contribution is -0.176. The smallest absolute Gasteiger partial charge is 0.331 e. The Kier molecular flexibility index (Phi) is 6.37. The molecule has 0 aliphatic carbocycles. The lowest BCUT2D eigenvalue weighted by Crippen LogP contribution is -2.47. The van der Waals surface area contributed by atoms with E-state index in [1.54, 1.807) is 12.2 Å². The van der Waals surface area contributed by atoms with E-state index in [0.29, 0.717) is 13.2 Å². The maximum atomic E-state index is 11.7. The highest BCUT2D eigenvalue weighted by Gasteiger charge is 2.41. The van der Waals surface area contributed by atoms with E-state index in [-0.39, 0.29) is 0 Å². The standard InChI is InChI=1S/C24H22O6/c25-21-13-11-19(29-21)23(27-15-17-7-3-1-4-8-17)24(20-12-14-22(26)30-20)28-16-18-9-5-2-6-10-18/h1-14,19-20,23-24H,15-16H2/t19-,20-,23-,24-/m1/s1. The molecule has 0 saturated heterocycles. The van der Waals surface area contributed by atoms with Gasteiger partial charge in [0.25, 0.3) is 0 Å². The van der Waals surface area contributed by atoms with Crippen molar-refractivity contribution in [3.8, 4) is 0 Å². The third kappa shape index (κ3) is 5.03. The molecule has 2 aromatic carbocycles. The summed E-state index contributed by atoms with van der Waals surface area (Å²) in [5, 5.41) is 0. The van der Waals surface area contributed by atoms with Crippen molar-refractivity contribution < 1.29 is 28.5 Å². The third-order valence-corrected chi connectivity index (χ3v) is 4.89. The minimum atomic E-state index is -0.669.